The Hall–Kier alpha value is -0.910. The van der Waals surface area contributed by atoms with Crippen LogP contribution in [0.25, 0.3) is 0 Å². The molecule has 0 atom stereocenters. The van der Waals surface area contributed by atoms with Crippen molar-refractivity contribution in [3.05, 3.63) is 29.8 Å². The fourth-order valence-corrected chi connectivity index (χ4v) is 1.59. The number of hydrogen-bond acceptors (Lipinski definition) is 2. The van der Waals surface area contributed by atoms with Crippen LogP contribution in [0.1, 0.15) is 5.56 Å². The second-order valence-electron chi connectivity index (χ2n) is 3.24. The summed E-state index contributed by atoms with van der Waals surface area (Å²) in [5.41, 5.74) is 1.13. The van der Waals surface area contributed by atoms with Gasteiger partial charge in [0.15, 0.2) is 0 Å². The van der Waals surface area contributed by atoms with Crippen molar-refractivity contribution in [3.8, 4) is 11.8 Å². The smallest absolute Gasteiger partial charge is 0.0600 e. The zero-order valence-electron chi connectivity index (χ0n) is 8.87. The molecule has 0 fully saturated rings. The first-order valence-electron chi connectivity index (χ1n) is 4.50. The van der Waals surface area contributed by atoms with Crippen LogP contribution < -0.4 is 0 Å². The highest BCUT2D eigenvalue weighted by molar-refractivity contribution is 7.98. The minimum Gasteiger partial charge on any atom is -0.299 e. The third-order valence-corrected chi connectivity index (χ3v) is 2.52. The summed E-state index contributed by atoms with van der Waals surface area (Å²) >= 11 is 1.74. The molecule has 0 radical (unpaired) electrons. The number of rotatable bonds is 2. The Morgan fingerprint density at radius 1 is 1.29 bits per heavy atom. The monoisotopic (exact) mass is 205 g/mol. The molecule has 1 nitrogen and oxygen atoms in total. The Labute approximate surface area is 90.5 Å². The maximum atomic E-state index is 3.18. The molecule has 14 heavy (non-hydrogen) atoms. The highest BCUT2D eigenvalue weighted by Crippen LogP contribution is 2.18. The topological polar surface area (TPSA) is 3.24 Å². The van der Waals surface area contributed by atoms with Crippen molar-refractivity contribution in [2.24, 2.45) is 0 Å². The largest absolute Gasteiger partial charge is 0.299 e. The highest BCUT2D eigenvalue weighted by atomic mass is 32.2. The molecule has 0 saturated heterocycles. The molecule has 74 valence electrons. The molecule has 1 rings (SSSR count). The molecule has 1 aromatic rings. The van der Waals surface area contributed by atoms with E-state index in [1.165, 1.54) is 4.90 Å². The second kappa shape index (κ2) is 5.74. The third-order valence-electron chi connectivity index (χ3n) is 1.73. The van der Waals surface area contributed by atoms with Gasteiger partial charge in [0.25, 0.3) is 0 Å². The lowest BCUT2D eigenvalue weighted by atomic mass is 10.2. The molecule has 0 bridgehead atoms. The van der Waals surface area contributed by atoms with Crippen molar-refractivity contribution in [2.45, 2.75) is 4.90 Å². The molecular formula is C12H15NS. The Kier molecular flexibility index (Phi) is 4.58. The number of hydrogen-bond donors (Lipinski definition) is 0. The van der Waals surface area contributed by atoms with E-state index in [-0.39, 0.29) is 0 Å². The van der Waals surface area contributed by atoms with Gasteiger partial charge >= 0.3 is 0 Å². The Balaban J connectivity index is 2.78. The van der Waals surface area contributed by atoms with Gasteiger partial charge in [0, 0.05) is 10.5 Å². The summed E-state index contributed by atoms with van der Waals surface area (Å²) in [6, 6.07) is 8.24. The van der Waals surface area contributed by atoms with Crippen LogP contribution in [0.15, 0.2) is 29.2 Å². The molecular weight excluding hydrogens is 190 g/mol. The van der Waals surface area contributed by atoms with Crippen molar-refractivity contribution >= 4 is 11.8 Å². The summed E-state index contributed by atoms with van der Waals surface area (Å²) in [4.78, 5) is 3.31. The van der Waals surface area contributed by atoms with E-state index >= 15 is 0 Å². The molecule has 0 saturated carbocycles. The maximum absolute atomic E-state index is 3.18. The van der Waals surface area contributed by atoms with Crippen molar-refractivity contribution in [1.82, 2.24) is 4.90 Å². The van der Waals surface area contributed by atoms with Crippen LogP contribution in [-0.4, -0.2) is 31.8 Å². The van der Waals surface area contributed by atoms with Crippen LogP contribution in [0.5, 0.6) is 0 Å². The molecule has 0 aliphatic rings. The van der Waals surface area contributed by atoms with Crippen molar-refractivity contribution in [3.63, 3.8) is 0 Å². The lowest BCUT2D eigenvalue weighted by Crippen LogP contribution is -2.10. The van der Waals surface area contributed by atoms with E-state index in [4.69, 9.17) is 0 Å². The fraction of sp³-hybridized carbons (Fsp3) is 0.333. The third kappa shape index (κ3) is 3.45. The first-order valence-corrected chi connectivity index (χ1v) is 5.73. The summed E-state index contributed by atoms with van der Waals surface area (Å²) in [7, 11) is 4.05. The van der Waals surface area contributed by atoms with Gasteiger partial charge in [-0.25, -0.2) is 0 Å². The van der Waals surface area contributed by atoms with Crippen LogP contribution in [0.3, 0.4) is 0 Å². The van der Waals surface area contributed by atoms with Gasteiger partial charge < -0.3 is 0 Å². The average Bonchev–Trinajstić information content (AvgIpc) is 2.18. The van der Waals surface area contributed by atoms with Crippen LogP contribution in [0, 0.1) is 11.8 Å². The highest BCUT2D eigenvalue weighted by Gasteiger charge is 1.94. The number of benzene rings is 1. The molecule has 0 aromatic heterocycles. The minimum absolute atomic E-state index is 0.808. The number of thioether (sulfide) groups is 1. The molecule has 0 aliphatic carbocycles. The zero-order chi connectivity index (χ0) is 10.4. The number of nitrogens with zero attached hydrogens (tertiary/aromatic N) is 1. The van der Waals surface area contributed by atoms with E-state index in [0.29, 0.717) is 0 Å². The van der Waals surface area contributed by atoms with Crippen molar-refractivity contribution in [1.29, 1.82) is 0 Å². The van der Waals surface area contributed by atoms with Crippen LogP contribution in [0.2, 0.25) is 0 Å². The normalized spacial score (nSPS) is 9.71. The van der Waals surface area contributed by atoms with E-state index in [0.717, 1.165) is 12.1 Å². The maximum Gasteiger partial charge on any atom is 0.0600 e. The Bertz CT molecular complexity index is 347. The summed E-state index contributed by atoms with van der Waals surface area (Å²) in [6.07, 6.45) is 2.08. The standard InChI is InChI=1S/C12H15NS/c1-13(2)10-6-8-11-7-4-5-9-12(11)14-3/h4-5,7,9H,10H2,1-3H3. The Morgan fingerprint density at radius 3 is 2.64 bits per heavy atom. The zero-order valence-corrected chi connectivity index (χ0v) is 9.69. The lowest BCUT2D eigenvalue weighted by Gasteiger charge is -2.02. The summed E-state index contributed by atoms with van der Waals surface area (Å²) in [6.45, 7) is 0.808. The molecule has 0 N–H and O–H groups in total. The molecule has 0 aliphatic heterocycles. The van der Waals surface area contributed by atoms with E-state index in [1.54, 1.807) is 11.8 Å². The summed E-state index contributed by atoms with van der Waals surface area (Å²) in [5, 5.41) is 0. The van der Waals surface area contributed by atoms with Crippen LogP contribution in [-0.2, 0) is 0 Å². The van der Waals surface area contributed by atoms with E-state index < -0.39 is 0 Å². The van der Waals surface area contributed by atoms with E-state index in [1.807, 2.05) is 26.2 Å². The average molecular weight is 205 g/mol. The van der Waals surface area contributed by atoms with Gasteiger partial charge in [0.2, 0.25) is 0 Å². The quantitative estimate of drug-likeness (QED) is 0.538. The van der Waals surface area contributed by atoms with Gasteiger partial charge in [0.1, 0.15) is 0 Å². The first kappa shape index (κ1) is 11.2. The van der Waals surface area contributed by atoms with Crippen molar-refractivity contribution in [2.75, 3.05) is 26.9 Å². The van der Waals surface area contributed by atoms with E-state index in [2.05, 4.69) is 35.1 Å². The van der Waals surface area contributed by atoms with Crippen LogP contribution in [0.4, 0.5) is 0 Å². The molecule has 2 heteroatoms. The molecule has 1 aromatic carbocycles. The summed E-state index contributed by atoms with van der Waals surface area (Å²) < 4.78 is 0. The minimum atomic E-state index is 0.808. The molecule has 0 unspecified atom stereocenters. The van der Waals surface area contributed by atoms with E-state index in [9.17, 15) is 0 Å². The molecule has 0 heterocycles. The van der Waals surface area contributed by atoms with Crippen LogP contribution >= 0.6 is 11.8 Å². The van der Waals surface area contributed by atoms with Crippen molar-refractivity contribution < 1.29 is 0 Å². The summed E-state index contributed by atoms with van der Waals surface area (Å²) in [5.74, 6) is 6.32. The predicted octanol–water partition coefficient (Wildman–Crippen LogP) is 2.32. The SMILES string of the molecule is CSc1ccccc1C#CCN(C)C. The van der Waals surface area contributed by atoms with Gasteiger partial charge in [-0.2, -0.15) is 0 Å². The van der Waals surface area contributed by atoms with Gasteiger partial charge in [-0.05, 0) is 32.5 Å². The fourth-order valence-electron chi connectivity index (χ4n) is 1.04. The lowest BCUT2D eigenvalue weighted by molar-refractivity contribution is 0.464. The first-order chi connectivity index (χ1) is 6.74. The van der Waals surface area contributed by atoms with Gasteiger partial charge in [0.05, 0.1) is 6.54 Å². The van der Waals surface area contributed by atoms with Gasteiger partial charge in [-0.3, -0.25) is 4.90 Å². The predicted molar refractivity (Wildman–Crippen MR) is 63.7 cm³/mol. The second-order valence-corrected chi connectivity index (χ2v) is 4.09. The molecule has 0 spiro atoms. The van der Waals surface area contributed by atoms with Gasteiger partial charge in [-0.15, -0.1) is 11.8 Å². The molecule has 0 amide bonds. The van der Waals surface area contributed by atoms with Gasteiger partial charge in [-0.1, -0.05) is 24.0 Å². The Morgan fingerprint density at radius 2 is 2.00 bits per heavy atom.